The van der Waals surface area contributed by atoms with Crippen LogP contribution in [0.4, 0.5) is 24.7 Å². The Balaban J connectivity index is 1.64. The fraction of sp³-hybridized carbons (Fsp3) is 0.158. The smallest absolute Gasteiger partial charge is 0.387 e. The molecule has 0 bridgehead atoms. The van der Waals surface area contributed by atoms with Gasteiger partial charge in [-0.2, -0.15) is 13.9 Å². The number of hydrogen-bond donors (Lipinski definition) is 2. The summed E-state index contributed by atoms with van der Waals surface area (Å²) in [6.45, 7) is -0.782. The minimum Gasteiger partial charge on any atom is -0.433 e. The van der Waals surface area contributed by atoms with Gasteiger partial charge in [-0.25, -0.2) is 4.39 Å². The molecule has 5 nitrogen and oxygen atoms in total. The van der Waals surface area contributed by atoms with Crippen molar-refractivity contribution in [3.8, 4) is 5.75 Å². The molecule has 0 saturated carbocycles. The van der Waals surface area contributed by atoms with Crippen molar-refractivity contribution in [2.24, 2.45) is 0 Å². The molecule has 0 atom stereocenters. The number of thiocarbonyl (C=S) groups is 1. The van der Waals surface area contributed by atoms with E-state index < -0.39 is 6.61 Å². The van der Waals surface area contributed by atoms with Gasteiger partial charge in [0.2, 0.25) is 0 Å². The van der Waals surface area contributed by atoms with Crippen LogP contribution in [0.25, 0.3) is 0 Å². The van der Waals surface area contributed by atoms with Gasteiger partial charge >= 0.3 is 6.61 Å². The average Bonchev–Trinajstić information content (AvgIpc) is 3.03. The Bertz CT molecular complexity index is 977. The molecule has 2 aromatic carbocycles. The molecule has 9 heteroatoms. The fourth-order valence-corrected chi connectivity index (χ4v) is 2.75. The van der Waals surface area contributed by atoms with Gasteiger partial charge in [0.25, 0.3) is 0 Å². The average molecular weight is 406 g/mol. The summed E-state index contributed by atoms with van der Waals surface area (Å²) in [4.78, 5) is 0. The Labute approximate surface area is 165 Å². The molecule has 0 aliphatic heterocycles. The third-order valence-electron chi connectivity index (χ3n) is 3.72. The molecule has 0 radical (unpaired) electrons. The summed E-state index contributed by atoms with van der Waals surface area (Å²) in [6.07, 6.45) is 1.72. The number of nitrogens with one attached hydrogen (secondary N) is 2. The summed E-state index contributed by atoms with van der Waals surface area (Å²) in [5, 5.41) is 10.2. The van der Waals surface area contributed by atoms with Crippen LogP contribution in [0.15, 0.2) is 54.7 Å². The zero-order valence-corrected chi connectivity index (χ0v) is 15.6. The number of benzene rings is 2. The first-order valence-corrected chi connectivity index (χ1v) is 8.71. The number of halogens is 3. The second-order valence-corrected chi connectivity index (χ2v) is 6.39. The lowest BCUT2D eigenvalue weighted by Gasteiger charge is -2.14. The summed E-state index contributed by atoms with van der Waals surface area (Å²) in [5.74, 6) is 0.140. The van der Waals surface area contributed by atoms with Crippen LogP contribution in [0, 0.1) is 12.7 Å². The first-order chi connectivity index (χ1) is 13.4. The normalized spacial score (nSPS) is 10.8. The number of anilines is 2. The maximum absolute atomic E-state index is 13.3. The molecule has 0 fully saturated rings. The zero-order valence-electron chi connectivity index (χ0n) is 14.8. The number of aromatic nitrogens is 2. The van der Waals surface area contributed by atoms with Gasteiger partial charge in [-0.05, 0) is 54.5 Å². The van der Waals surface area contributed by atoms with E-state index in [0.717, 1.165) is 11.1 Å². The van der Waals surface area contributed by atoms with Crippen molar-refractivity contribution in [1.82, 2.24) is 9.78 Å². The van der Waals surface area contributed by atoms with E-state index in [1.54, 1.807) is 48.1 Å². The third-order valence-corrected chi connectivity index (χ3v) is 3.92. The van der Waals surface area contributed by atoms with E-state index >= 15 is 0 Å². The lowest BCUT2D eigenvalue weighted by Crippen LogP contribution is -2.20. The largest absolute Gasteiger partial charge is 0.433 e. The summed E-state index contributed by atoms with van der Waals surface area (Å²) < 4.78 is 44.6. The van der Waals surface area contributed by atoms with Crippen LogP contribution in [0.2, 0.25) is 0 Å². The molecule has 3 aromatic rings. The van der Waals surface area contributed by atoms with E-state index in [0.29, 0.717) is 18.1 Å². The summed E-state index contributed by atoms with van der Waals surface area (Å²) in [6, 6.07) is 12.8. The van der Waals surface area contributed by atoms with Gasteiger partial charge in [0.05, 0.1) is 12.2 Å². The number of aryl methyl sites for hydroxylation is 1. The molecule has 0 saturated heterocycles. The summed E-state index contributed by atoms with van der Waals surface area (Å²) in [7, 11) is 0. The highest BCUT2D eigenvalue weighted by atomic mass is 32.1. The van der Waals surface area contributed by atoms with Crippen LogP contribution in [-0.2, 0) is 6.54 Å². The number of hydrogen-bond acceptors (Lipinski definition) is 3. The second kappa shape index (κ2) is 8.75. The molecule has 146 valence electrons. The van der Waals surface area contributed by atoms with Crippen molar-refractivity contribution in [1.29, 1.82) is 0 Å². The number of alkyl halides is 2. The topological polar surface area (TPSA) is 51.1 Å². The Morgan fingerprint density at radius 2 is 2.00 bits per heavy atom. The molecule has 0 spiro atoms. The van der Waals surface area contributed by atoms with Gasteiger partial charge in [-0.1, -0.05) is 18.2 Å². The van der Waals surface area contributed by atoms with E-state index in [4.69, 9.17) is 12.2 Å². The van der Waals surface area contributed by atoms with Crippen molar-refractivity contribution < 1.29 is 17.9 Å². The quantitative estimate of drug-likeness (QED) is 0.577. The maximum atomic E-state index is 13.3. The molecule has 0 aliphatic carbocycles. The Morgan fingerprint density at radius 3 is 2.75 bits per heavy atom. The monoisotopic (exact) mass is 406 g/mol. The van der Waals surface area contributed by atoms with Crippen molar-refractivity contribution in [3.05, 3.63) is 71.7 Å². The van der Waals surface area contributed by atoms with Crippen LogP contribution in [0.3, 0.4) is 0 Å². The third kappa shape index (κ3) is 5.46. The van der Waals surface area contributed by atoms with E-state index in [1.165, 1.54) is 18.2 Å². The molecule has 0 amide bonds. The summed E-state index contributed by atoms with van der Waals surface area (Å²) >= 11 is 5.22. The first-order valence-electron chi connectivity index (χ1n) is 8.30. The molecular weight excluding hydrogens is 389 g/mol. The predicted octanol–water partition coefficient (Wildman–Crippen LogP) is 4.79. The SMILES string of the molecule is Cc1ccc(NC(=S)Nc2ccn(Cc3cccc(F)c3)n2)c(OC(F)F)c1. The van der Waals surface area contributed by atoms with E-state index in [1.807, 2.05) is 0 Å². The molecule has 1 aromatic heterocycles. The van der Waals surface area contributed by atoms with Gasteiger partial charge in [0, 0.05) is 12.3 Å². The first kappa shape index (κ1) is 19.7. The van der Waals surface area contributed by atoms with E-state index in [2.05, 4.69) is 20.5 Å². The maximum Gasteiger partial charge on any atom is 0.387 e. The lowest BCUT2D eigenvalue weighted by molar-refractivity contribution is -0.0493. The molecule has 0 unspecified atom stereocenters. The van der Waals surface area contributed by atoms with Crippen molar-refractivity contribution in [3.63, 3.8) is 0 Å². The van der Waals surface area contributed by atoms with Crippen molar-refractivity contribution in [2.45, 2.75) is 20.1 Å². The van der Waals surface area contributed by atoms with Crippen molar-refractivity contribution in [2.75, 3.05) is 10.6 Å². The van der Waals surface area contributed by atoms with E-state index in [-0.39, 0.29) is 16.7 Å². The molecule has 1 heterocycles. The highest BCUT2D eigenvalue weighted by Crippen LogP contribution is 2.27. The van der Waals surface area contributed by atoms with Gasteiger partial charge < -0.3 is 15.4 Å². The predicted molar refractivity (Wildman–Crippen MR) is 105 cm³/mol. The molecule has 0 aliphatic rings. The highest BCUT2D eigenvalue weighted by molar-refractivity contribution is 7.80. The minimum atomic E-state index is -2.94. The van der Waals surface area contributed by atoms with Gasteiger partial charge in [0.1, 0.15) is 11.6 Å². The molecule has 3 rings (SSSR count). The second-order valence-electron chi connectivity index (χ2n) is 5.99. The zero-order chi connectivity index (χ0) is 20.1. The summed E-state index contributed by atoms with van der Waals surface area (Å²) in [5.41, 5.74) is 1.85. The Morgan fingerprint density at radius 1 is 1.18 bits per heavy atom. The van der Waals surface area contributed by atoms with Crippen LogP contribution < -0.4 is 15.4 Å². The number of ether oxygens (including phenoxy) is 1. The van der Waals surface area contributed by atoms with Crippen LogP contribution in [0.1, 0.15) is 11.1 Å². The highest BCUT2D eigenvalue weighted by Gasteiger charge is 2.12. The Kier molecular flexibility index (Phi) is 6.15. The van der Waals surface area contributed by atoms with Crippen LogP contribution in [-0.4, -0.2) is 21.5 Å². The number of nitrogens with zero attached hydrogens (tertiary/aromatic N) is 2. The van der Waals surface area contributed by atoms with Crippen molar-refractivity contribution >= 4 is 28.8 Å². The standard InChI is InChI=1S/C19H17F3N4OS/c1-12-5-6-15(16(9-12)27-18(21)22)23-19(28)24-17-7-8-26(25-17)11-13-3-2-4-14(20)10-13/h2-10,18H,11H2,1H3,(H2,23,24,25,28). The van der Waals surface area contributed by atoms with Gasteiger partial charge in [-0.15, -0.1) is 0 Å². The minimum absolute atomic E-state index is 0.00390. The molecule has 2 N–H and O–H groups in total. The number of rotatable bonds is 6. The van der Waals surface area contributed by atoms with Crippen LogP contribution >= 0.6 is 12.2 Å². The Hall–Kier alpha value is -3.07. The molecular formula is C19H17F3N4OS. The van der Waals surface area contributed by atoms with E-state index in [9.17, 15) is 13.2 Å². The van der Waals surface area contributed by atoms with Gasteiger partial charge in [0.15, 0.2) is 10.9 Å². The lowest BCUT2D eigenvalue weighted by atomic mass is 10.2. The van der Waals surface area contributed by atoms with Crippen LogP contribution in [0.5, 0.6) is 5.75 Å². The molecule has 28 heavy (non-hydrogen) atoms. The van der Waals surface area contributed by atoms with Gasteiger partial charge in [-0.3, -0.25) is 4.68 Å². The fourth-order valence-electron chi connectivity index (χ4n) is 2.53.